The van der Waals surface area contributed by atoms with E-state index >= 15 is 0 Å². The van der Waals surface area contributed by atoms with Crippen LogP contribution in [-0.4, -0.2) is 35.3 Å². The number of nitrogens with zero attached hydrogens (tertiary/aromatic N) is 1. The number of amides is 2. The van der Waals surface area contributed by atoms with Crippen molar-refractivity contribution in [3.63, 3.8) is 0 Å². The molecule has 18 heavy (non-hydrogen) atoms. The second-order valence-electron chi connectivity index (χ2n) is 5.09. The van der Waals surface area contributed by atoms with E-state index in [9.17, 15) is 9.59 Å². The van der Waals surface area contributed by atoms with Crippen LogP contribution in [0.5, 0.6) is 0 Å². The summed E-state index contributed by atoms with van der Waals surface area (Å²) < 4.78 is 0. The quantitative estimate of drug-likeness (QED) is 0.757. The van der Waals surface area contributed by atoms with Crippen LogP contribution in [0, 0.1) is 5.92 Å². The molecule has 1 rings (SSSR count). The van der Waals surface area contributed by atoms with E-state index < -0.39 is 0 Å². The van der Waals surface area contributed by atoms with Crippen LogP contribution in [0.1, 0.15) is 40.0 Å². The Bertz CT molecular complexity index is 328. The summed E-state index contributed by atoms with van der Waals surface area (Å²) in [5, 5.41) is 2.85. The largest absolute Gasteiger partial charge is 0.344 e. The molecular formula is C14H24N2O2. The van der Waals surface area contributed by atoms with Crippen molar-refractivity contribution < 1.29 is 9.59 Å². The molecule has 0 radical (unpaired) electrons. The molecule has 0 aromatic rings. The van der Waals surface area contributed by atoms with Gasteiger partial charge in [-0.3, -0.25) is 9.59 Å². The smallest absolute Gasteiger partial charge is 0.245 e. The van der Waals surface area contributed by atoms with Crippen LogP contribution in [0.4, 0.5) is 0 Å². The fourth-order valence-electron chi connectivity index (χ4n) is 2.25. The molecule has 1 saturated heterocycles. The van der Waals surface area contributed by atoms with Crippen molar-refractivity contribution in [3.8, 4) is 0 Å². The van der Waals surface area contributed by atoms with Crippen LogP contribution >= 0.6 is 0 Å². The Hall–Kier alpha value is -1.32. The van der Waals surface area contributed by atoms with Crippen LogP contribution in [0.2, 0.25) is 0 Å². The standard InChI is InChI=1S/C14H24N2O2/c1-5-7-11(4)16-9-8-12(17)15-13(14(16)18)10(3)6-2/h5,10-11,13H,1,6-9H2,2-4H3,(H,15,17). The van der Waals surface area contributed by atoms with E-state index in [2.05, 4.69) is 11.9 Å². The maximum absolute atomic E-state index is 12.5. The van der Waals surface area contributed by atoms with E-state index in [4.69, 9.17) is 0 Å². The van der Waals surface area contributed by atoms with Crippen LogP contribution in [0.15, 0.2) is 12.7 Å². The molecule has 3 atom stereocenters. The third-order valence-electron chi connectivity index (χ3n) is 3.70. The van der Waals surface area contributed by atoms with Gasteiger partial charge in [0.1, 0.15) is 6.04 Å². The first-order chi connectivity index (χ1) is 8.51. The van der Waals surface area contributed by atoms with Gasteiger partial charge >= 0.3 is 0 Å². The predicted molar refractivity (Wildman–Crippen MR) is 72.0 cm³/mol. The molecule has 1 aliphatic heterocycles. The van der Waals surface area contributed by atoms with E-state index in [1.54, 1.807) is 0 Å². The summed E-state index contributed by atoms with van der Waals surface area (Å²) in [6.45, 7) is 10.3. The monoisotopic (exact) mass is 252 g/mol. The molecule has 1 heterocycles. The van der Waals surface area contributed by atoms with Crippen molar-refractivity contribution in [2.75, 3.05) is 6.54 Å². The van der Waals surface area contributed by atoms with Gasteiger partial charge in [-0.05, 0) is 19.3 Å². The SMILES string of the molecule is C=CCC(C)N1CCC(=O)NC(C(C)CC)C1=O. The average molecular weight is 252 g/mol. The summed E-state index contributed by atoms with van der Waals surface area (Å²) in [4.78, 5) is 26.0. The summed E-state index contributed by atoms with van der Waals surface area (Å²) in [5.74, 6) is 0.185. The highest BCUT2D eigenvalue weighted by atomic mass is 16.2. The van der Waals surface area contributed by atoms with Crippen molar-refractivity contribution in [1.29, 1.82) is 0 Å². The van der Waals surface area contributed by atoms with Gasteiger partial charge in [0.25, 0.3) is 0 Å². The predicted octanol–water partition coefficient (Wildman–Crippen LogP) is 1.71. The second kappa shape index (κ2) is 6.57. The van der Waals surface area contributed by atoms with Crippen LogP contribution in [0.3, 0.4) is 0 Å². The minimum absolute atomic E-state index is 0.0260. The van der Waals surface area contributed by atoms with Gasteiger partial charge in [-0.2, -0.15) is 0 Å². The third kappa shape index (κ3) is 3.34. The molecule has 3 unspecified atom stereocenters. The third-order valence-corrected chi connectivity index (χ3v) is 3.70. The molecule has 2 amide bonds. The van der Waals surface area contributed by atoms with Crippen molar-refractivity contribution in [2.24, 2.45) is 5.92 Å². The highest BCUT2D eigenvalue weighted by Gasteiger charge is 2.34. The minimum atomic E-state index is -0.378. The fraction of sp³-hybridized carbons (Fsp3) is 0.714. The summed E-state index contributed by atoms with van der Waals surface area (Å²) in [6.07, 6.45) is 3.84. The first-order valence-corrected chi connectivity index (χ1v) is 6.72. The Morgan fingerprint density at radius 1 is 1.50 bits per heavy atom. The van der Waals surface area contributed by atoms with Crippen molar-refractivity contribution in [1.82, 2.24) is 10.2 Å². The zero-order valence-electron chi connectivity index (χ0n) is 11.6. The van der Waals surface area contributed by atoms with Gasteiger partial charge < -0.3 is 10.2 Å². The lowest BCUT2D eigenvalue weighted by Crippen LogP contribution is -2.50. The first kappa shape index (κ1) is 14.7. The summed E-state index contributed by atoms with van der Waals surface area (Å²) in [5.41, 5.74) is 0. The van der Waals surface area contributed by atoms with Crippen molar-refractivity contribution >= 4 is 11.8 Å². The lowest BCUT2D eigenvalue weighted by molar-refractivity contribution is -0.136. The number of rotatable bonds is 5. The zero-order chi connectivity index (χ0) is 13.7. The summed E-state index contributed by atoms with van der Waals surface area (Å²) in [6, 6.07) is -0.272. The van der Waals surface area contributed by atoms with Gasteiger partial charge in [0, 0.05) is 19.0 Å². The van der Waals surface area contributed by atoms with E-state index in [1.807, 2.05) is 31.7 Å². The van der Waals surface area contributed by atoms with Gasteiger partial charge in [-0.15, -0.1) is 6.58 Å². The molecule has 0 saturated carbocycles. The van der Waals surface area contributed by atoms with Crippen LogP contribution in [-0.2, 0) is 9.59 Å². The normalized spacial score (nSPS) is 24.2. The average Bonchev–Trinajstić information content (AvgIpc) is 2.49. The molecule has 4 nitrogen and oxygen atoms in total. The Morgan fingerprint density at radius 3 is 2.72 bits per heavy atom. The molecule has 0 spiro atoms. The number of hydrogen-bond acceptors (Lipinski definition) is 2. The van der Waals surface area contributed by atoms with Crippen molar-refractivity contribution in [3.05, 3.63) is 12.7 Å². The van der Waals surface area contributed by atoms with Gasteiger partial charge in [-0.25, -0.2) is 0 Å². The number of carbonyl (C=O) groups is 2. The topological polar surface area (TPSA) is 49.4 Å². The van der Waals surface area contributed by atoms with E-state index in [-0.39, 0.29) is 29.8 Å². The molecule has 4 heteroatoms. The van der Waals surface area contributed by atoms with Gasteiger partial charge in [-0.1, -0.05) is 26.3 Å². The highest BCUT2D eigenvalue weighted by Crippen LogP contribution is 2.17. The minimum Gasteiger partial charge on any atom is -0.344 e. The highest BCUT2D eigenvalue weighted by molar-refractivity contribution is 5.90. The Labute approximate surface area is 109 Å². The molecule has 1 N–H and O–H groups in total. The molecule has 0 aliphatic carbocycles. The molecule has 1 fully saturated rings. The molecule has 102 valence electrons. The van der Waals surface area contributed by atoms with Crippen LogP contribution in [0.25, 0.3) is 0 Å². The zero-order valence-corrected chi connectivity index (χ0v) is 11.6. The second-order valence-corrected chi connectivity index (χ2v) is 5.09. The number of nitrogens with one attached hydrogen (secondary N) is 1. The Balaban J connectivity index is 2.88. The van der Waals surface area contributed by atoms with Gasteiger partial charge in [0.2, 0.25) is 11.8 Å². The Kier molecular flexibility index (Phi) is 5.38. The maximum atomic E-state index is 12.5. The van der Waals surface area contributed by atoms with E-state index in [1.165, 1.54) is 0 Å². The molecular weight excluding hydrogens is 228 g/mol. The Morgan fingerprint density at radius 2 is 2.17 bits per heavy atom. The molecule has 0 bridgehead atoms. The number of hydrogen-bond donors (Lipinski definition) is 1. The molecule has 0 aromatic carbocycles. The maximum Gasteiger partial charge on any atom is 0.245 e. The lowest BCUT2D eigenvalue weighted by atomic mass is 9.97. The lowest BCUT2D eigenvalue weighted by Gasteiger charge is -2.31. The van der Waals surface area contributed by atoms with Crippen molar-refractivity contribution in [2.45, 2.75) is 52.1 Å². The summed E-state index contributed by atoms with van der Waals surface area (Å²) >= 11 is 0. The number of carbonyl (C=O) groups excluding carboxylic acids is 2. The van der Waals surface area contributed by atoms with E-state index in [0.717, 1.165) is 12.8 Å². The van der Waals surface area contributed by atoms with Gasteiger partial charge in [0.05, 0.1) is 0 Å². The first-order valence-electron chi connectivity index (χ1n) is 6.72. The summed E-state index contributed by atoms with van der Waals surface area (Å²) in [7, 11) is 0. The van der Waals surface area contributed by atoms with E-state index in [0.29, 0.717) is 13.0 Å². The van der Waals surface area contributed by atoms with Gasteiger partial charge in [0.15, 0.2) is 0 Å². The molecule has 0 aromatic heterocycles. The van der Waals surface area contributed by atoms with Crippen LogP contribution < -0.4 is 5.32 Å². The fourth-order valence-corrected chi connectivity index (χ4v) is 2.25. The molecule has 1 aliphatic rings.